The highest BCUT2D eigenvalue weighted by Crippen LogP contribution is 2.20. The summed E-state index contributed by atoms with van der Waals surface area (Å²) in [6.45, 7) is 8.67. The zero-order valence-electron chi connectivity index (χ0n) is 13.9. The lowest BCUT2D eigenvalue weighted by molar-refractivity contribution is 0.00535. The molecule has 1 aromatic rings. The predicted octanol–water partition coefficient (Wildman–Crippen LogP) is 4.29. The molecule has 0 bridgehead atoms. The molecular weight excluding hydrogens is 258 g/mol. The molecule has 2 nitrogen and oxygen atoms in total. The predicted molar refractivity (Wildman–Crippen MR) is 89.9 cm³/mol. The van der Waals surface area contributed by atoms with Gasteiger partial charge >= 0.3 is 0 Å². The van der Waals surface area contributed by atoms with Gasteiger partial charge in [-0.15, -0.1) is 0 Å². The first kappa shape index (κ1) is 16.5. The van der Waals surface area contributed by atoms with Crippen molar-refractivity contribution in [2.45, 2.75) is 70.9 Å². The van der Waals surface area contributed by atoms with Gasteiger partial charge in [-0.2, -0.15) is 0 Å². The molecular formula is C19H31NO. The maximum atomic E-state index is 5.90. The maximum absolute atomic E-state index is 5.90. The summed E-state index contributed by atoms with van der Waals surface area (Å²) >= 11 is 0. The molecule has 1 aliphatic rings. The van der Waals surface area contributed by atoms with Gasteiger partial charge in [0.1, 0.15) is 0 Å². The van der Waals surface area contributed by atoms with Gasteiger partial charge < -0.3 is 10.1 Å². The lowest BCUT2D eigenvalue weighted by Gasteiger charge is -2.27. The van der Waals surface area contributed by atoms with Crippen LogP contribution in [0.2, 0.25) is 0 Å². The van der Waals surface area contributed by atoms with Gasteiger partial charge in [0.15, 0.2) is 0 Å². The van der Waals surface area contributed by atoms with Crippen LogP contribution in [0.5, 0.6) is 0 Å². The Morgan fingerprint density at radius 1 is 1.19 bits per heavy atom. The highest BCUT2D eigenvalue weighted by atomic mass is 16.5. The van der Waals surface area contributed by atoms with Crippen molar-refractivity contribution in [1.29, 1.82) is 0 Å². The first-order valence-corrected chi connectivity index (χ1v) is 8.63. The van der Waals surface area contributed by atoms with Gasteiger partial charge in [0.25, 0.3) is 0 Å². The zero-order chi connectivity index (χ0) is 15.1. The molecule has 0 aliphatic carbocycles. The number of likely N-dealkylation sites (N-methyl/N-ethyl adjacent to an activating group) is 1. The zero-order valence-corrected chi connectivity index (χ0v) is 13.9. The first-order chi connectivity index (χ1) is 10.2. The summed E-state index contributed by atoms with van der Waals surface area (Å²) in [6.07, 6.45) is 6.49. The number of nitrogens with one attached hydrogen (secondary N) is 1. The molecule has 118 valence electrons. The number of rotatable bonds is 7. The van der Waals surface area contributed by atoms with Crippen molar-refractivity contribution in [3.8, 4) is 0 Å². The van der Waals surface area contributed by atoms with Crippen molar-refractivity contribution in [3.63, 3.8) is 0 Å². The van der Waals surface area contributed by atoms with E-state index in [-0.39, 0.29) is 0 Å². The van der Waals surface area contributed by atoms with E-state index in [1.165, 1.54) is 30.4 Å². The molecule has 0 saturated carbocycles. The normalized spacial score (nSPS) is 20.7. The van der Waals surface area contributed by atoms with Crippen molar-refractivity contribution >= 4 is 0 Å². The fourth-order valence-electron chi connectivity index (χ4n) is 3.16. The summed E-state index contributed by atoms with van der Waals surface area (Å²) in [5.74, 6) is 0.610. The van der Waals surface area contributed by atoms with Gasteiger partial charge in [-0.1, -0.05) is 45.0 Å². The number of ether oxygens (including phenoxy) is 1. The van der Waals surface area contributed by atoms with Gasteiger partial charge in [0.05, 0.1) is 6.10 Å². The standard InChI is InChI=1S/C19H31NO/c1-4-20-18(14-19-7-5-6-12-21-19)13-16-8-10-17(11-9-16)15(2)3/h8-11,15,18-20H,4-7,12-14H2,1-3H3. The van der Waals surface area contributed by atoms with E-state index < -0.39 is 0 Å². The van der Waals surface area contributed by atoms with Gasteiger partial charge in [-0.25, -0.2) is 0 Å². The van der Waals surface area contributed by atoms with Gasteiger partial charge in [-0.05, 0) is 55.7 Å². The Morgan fingerprint density at radius 3 is 2.52 bits per heavy atom. The third-order valence-electron chi connectivity index (χ3n) is 4.44. The van der Waals surface area contributed by atoms with E-state index in [1.54, 1.807) is 0 Å². The summed E-state index contributed by atoms with van der Waals surface area (Å²) in [6, 6.07) is 9.67. The van der Waals surface area contributed by atoms with E-state index in [0.29, 0.717) is 18.1 Å². The molecule has 2 rings (SSSR count). The van der Waals surface area contributed by atoms with Crippen LogP contribution in [0.15, 0.2) is 24.3 Å². The number of benzene rings is 1. The van der Waals surface area contributed by atoms with Crippen molar-refractivity contribution in [1.82, 2.24) is 5.32 Å². The van der Waals surface area contributed by atoms with E-state index in [0.717, 1.165) is 26.0 Å². The van der Waals surface area contributed by atoms with Crippen molar-refractivity contribution in [2.75, 3.05) is 13.2 Å². The van der Waals surface area contributed by atoms with E-state index in [4.69, 9.17) is 4.74 Å². The molecule has 1 N–H and O–H groups in total. The minimum absolute atomic E-state index is 0.456. The molecule has 0 aromatic heterocycles. The molecule has 1 heterocycles. The molecule has 21 heavy (non-hydrogen) atoms. The second-order valence-electron chi connectivity index (χ2n) is 6.58. The second-order valence-corrected chi connectivity index (χ2v) is 6.58. The monoisotopic (exact) mass is 289 g/mol. The first-order valence-electron chi connectivity index (χ1n) is 8.63. The molecule has 1 aromatic carbocycles. The molecule has 1 aliphatic heterocycles. The third-order valence-corrected chi connectivity index (χ3v) is 4.44. The Bertz CT molecular complexity index is 393. The highest BCUT2D eigenvalue weighted by Gasteiger charge is 2.19. The number of hydrogen-bond donors (Lipinski definition) is 1. The Balaban J connectivity index is 1.91. The molecule has 0 radical (unpaired) electrons. The molecule has 0 amide bonds. The lowest BCUT2D eigenvalue weighted by atomic mass is 9.95. The molecule has 2 heteroatoms. The highest BCUT2D eigenvalue weighted by molar-refractivity contribution is 5.25. The largest absolute Gasteiger partial charge is 0.378 e. The van der Waals surface area contributed by atoms with E-state index in [2.05, 4.69) is 50.4 Å². The van der Waals surface area contributed by atoms with Crippen LogP contribution in [0.4, 0.5) is 0 Å². The molecule has 0 spiro atoms. The summed E-state index contributed by atoms with van der Waals surface area (Å²) in [7, 11) is 0. The van der Waals surface area contributed by atoms with Gasteiger partial charge in [-0.3, -0.25) is 0 Å². The van der Waals surface area contributed by atoms with Crippen LogP contribution in [0.3, 0.4) is 0 Å². The van der Waals surface area contributed by atoms with Crippen LogP contribution in [0.25, 0.3) is 0 Å². The summed E-state index contributed by atoms with van der Waals surface area (Å²) in [4.78, 5) is 0. The number of hydrogen-bond acceptors (Lipinski definition) is 2. The molecule has 2 unspecified atom stereocenters. The van der Waals surface area contributed by atoms with Crippen LogP contribution >= 0.6 is 0 Å². The van der Waals surface area contributed by atoms with Gasteiger partial charge in [0, 0.05) is 12.6 Å². The fourth-order valence-corrected chi connectivity index (χ4v) is 3.16. The van der Waals surface area contributed by atoms with Crippen molar-refractivity contribution in [3.05, 3.63) is 35.4 Å². The summed E-state index contributed by atoms with van der Waals surface area (Å²) in [5, 5.41) is 3.64. The van der Waals surface area contributed by atoms with Crippen LogP contribution in [0.1, 0.15) is 63.5 Å². The lowest BCUT2D eigenvalue weighted by Crippen LogP contribution is -2.36. The Hall–Kier alpha value is -0.860. The molecule has 1 fully saturated rings. The third kappa shape index (κ3) is 5.44. The molecule has 1 saturated heterocycles. The van der Waals surface area contributed by atoms with Gasteiger partial charge in [0.2, 0.25) is 0 Å². The average Bonchev–Trinajstić information content (AvgIpc) is 2.49. The van der Waals surface area contributed by atoms with Crippen LogP contribution < -0.4 is 5.32 Å². The fraction of sp³-hybridized carbons (Fsp3) is 0.684. The molecule has 2 atom stereocenters. The smallest absolute Gasteiger partial charge is 0.0590 e. The quantitative estimate of drug-likeness (QED) is 0.808. The van der Waals surface area contributed by atoms with Crippen LogP contribution in [-0.2, 0) is 11.2 Å². The summed E-state index contributed by atoms with van der Waals surface area (Å²) < 4.78 is 5.90. The Labute approximate surface area is 130 Å². The summed E-state index contributed by atoms with van der Waals surface area (Å²) in [5.41, 5.74) is 2.86. The maximum Gasteiger partial charge on any atom is 0.0590 e. The van der Waals surface area contributed by atoms with Crippen molar-refractivity contribution in [2.24, 2.45) is 0 Å². The van der Waals surface area contributed by atoms with Crippen LogP contribution in [-0.4, -0.2) is 25.3 Å². The van der Waals surface area contributed by atoms with E-state index in [1.807, 2.05) is 0 Å². The average molecular weight is 289 g/mol. The van der Waals surface area contributed by atoms with Crippen molar-refractivity contribution < 1.29 is 4.74 Å². The minimum Gasteiger partial charge on any atom is -0.378 e. The van der Waals surface area contributed by atoms with E-state index in [9.17, 15) is 0 Å². The van der Waals surface area contributed by atoms with E-state index >= 15 is 0 Å². The topological polar surface area (TPSA) is 21.3 Å². The second kappa shape index (κ2) is 8.55. The Morgan fingerprint density at radius 2 is 1.95 bits per heavy atom. The SMILES string of the molecule is CCNC(Cc1ccc(C(C)C)cc1)CC1CCCCO1. The minimum atomic E-state index is 0.456. The Kier molecular flexibility index (Phi) is 6.72. The van der Waals surface area contributed by atoms with Crippen LogP contribution in [0, 0.1) is 0 Å².